The summed E-state index contributed by atoms with van der Waals surface area (Å²) in [5, 5.41) is 0. The molecule has 0 radical (unpaired) electrons. The molecule has 1 heterocycles. The fourth-order valence-electron chi connectivity index (χ4n) is 2.39. The lowest BCUT2D eigenvalue weighted by molar-refractivity contribution is -0.143. The van der Waals surface area contributed by atoms with Crippen molar-refractivity contribution in [2.24, 2.45) is 4.40 Å². The molecule has 0 aliphatic heterocycles. The SMILES string of the molecule is CCOC(=O)Cn1c(=NS(=O)(=O)c2ccccc2)sc2cccc(F)c21. The van der Waals surface area contributed by atoms with E-state index in [-0.39, 0.29) is 28.4 Å². The van der Waals surface area contributed by atoms with Crippen LogP contribution in [0.5, 0.6) is 0 Å². The first-order valence-electron chi connectivity index (χ1n) is 7.72. The molecule has 9 heteroatoms. The molecule has 0 saturated heterocycles. The molecule has 3 aromatic rings. The Morgan fingerprint density at radius 3 is 2.62 bits per heavy atom. The van der Waals surface area contributed by atoms with E-state index in [9.17, 15) is 17.6 Å². The van der Waals surface area contributed by atoms with Gasteiger partial charge in [0, 0.05) is 0 Å². The summed E-state index contributed by atoms with van der Waals surface area (Å²) in [5.41, 5.74) is 0.118. The maximum atomic E-state index is 14.3. The minimum atomic E-state index is -4.00. The summed E-state index contributed by atoms with van der Waals surface area (Å²) in [6, 6.07) is 12.1. The highest BCUT2D eigenvalue weighted by molar-refractivity contribution is 7.90. The predicted molar refractivity (Wildman–Crippen MR) is 95.6 cm³/mol. The number of hydrogen-bond acceptors (Lipinski definition) is 5. The largest absolute Gasteiger partial charge is 0.465 e. The van der Waals surface area contributed by atoms with E-state index in [1.807, 2.05) is 0 Å². The Balaban J connectivity index is 2.22. The van der Waals surface area contributed by atoms with Gasteiger partial charge >= 0.3 is 5.97 Å². The third kappa shape index (κ3) is 3.68. The smallest absolute Gasteiger partial charge is 0.326 e. The molecular formula is C17H15FN2O4S2. The van der Waals surface area contributed by atoms with Gasteiger partial charge in [-0.25, -0.2) is 4.39 Å². The van der Waals surface area contributed by atoms with E-state index in [0.717, 1.165) is 11.3 Å². The van der Waals surface area contributed by atoms with Gasteiger partial charge in [0.15, 0.2) is 0 Å². The zero-order chi connectivity index (χ0) is 18.7. The Kier molecular flexibility index (Phi) is 5.19. The van der Waals surface area contributed by atoms with Crippen LogP contribution in [0.15, 0.2) is 57.8 Å². The monoisotopic (exact) mass is 394 g/mol. The second-order valence-electron chi connectivity index (χ2n) is 5.24. The number of esters is 1. The van der Waals surface area contributed by atoms with Crippen molar-refractivity contribution in [1.82, 2.24) is 4.57 Å². The van der Waals surface area contributed by atoms with Gasteiger partial charge in [0.2, 0.25) is 4.80 Å². The molecule has 26 heavy (non-hydrogen) atoms. The molecule has 0 unspecified atom stereocenters. The topological polar surface area (TPSA) is 77.7 Å². The Hall–Kier alpha value is -2.52. The van der Waals surface area contributed by atoms with Gasteiger partial charge in [-0.15, -0.1) is 4.40 Å². The lowest BCUT2D eigenvalue weighted by Crippen LogP contribution is -2.23. The molecule has 0 spiro atoms. The normalized spacial score (nSPS) is 12.5. The van der Waals surface area contributed by atoms with Gasteiger partial charge in [-0.05, 0) is 31.2 Å². The molecule has 0 fully saturated rings. The van der Waals surface area contributed by atoms with Gasteiger partial charge in [0.25, 0.3) is 10.0 Å². The summed E-state index contributed by atoms with van der Waals surface area (Å²) < 4.78 is 49.8. The number of para-hydroxylation sites is 1. The number of ether oxygens (including phenoxy) is 1. The van der Waals surface area contributed by atoms with Crippen molar-refractivity contribution in [3.63, 3.8) is 0 Å². The number of benzene rings is 2. The predicted octanol–water partition coefficient (Wildman–Crippen LogP) is 2.69. The molecule has 0 atom stereocenters. The van der Waals surface area contributed by atoms with Gasteiger partial charge in [-0.1, -0.05) is 35.6 Å². The summed E-state index contributed by atoms with van der Waals surface area (Å²) in [5.74, 6) is -1.17. The fraction of sp³-hybridized carbons (Fsp3) is 0.176. The highest BCUT2D eigenvalue weighted by Crippen LogP contribution is 2.21. The average molecular weight is 394 g/mol. The van der Waals surface area contributed by atoms with Crippen LogP contribution in [-0.2, 0) is 26.1 Å². The van der Waals surface area contributed by atoms with Crippen LogP contribution in [0, 0.1) is 5.82 Å². The van der Waals surface area contributed by atoms with E-state index in [1.165, 1.54) is 28.8 Å². The Bertz CT molecular complexity index is 1120. The Morgan fingerprint density at radius 1 is 1.19 bits per heavy atom. The van der Waals surface area contributed by atoms with Gasteiger partial charge in [-0.3, -0.25) is 4.79 Å². The second-order valence-corrected chi connectivity index (χ2v) is 7.85. The lowest BCUT2D eigenvalue weighted by atomic mass is 10.3. The lowest BCUT2D eigenvalue weighted by Gasteiger charge is -2.05. The highest BCUT2D eigenvalue weighted by atomic mass is 32.2. The minimum Gasteiger partial charge on any atom is -0.465 e. The van der Waals surface area contributed by atoms with Gasteiger partial charge in [-0.2, -0.15) is 8.42 Å². The van der Waals surface area contributed by atoms with Crippen molar-refractivity contribution in [1.29, 1.82) is 0 Å². The first-order chi connectivity index (χ1) is 12.4. The maximum Gasteiger partial charge on any atom is 0.326 e. The number of carbonyl (C=O) groups excluding carboxylic acids is 1. The fourth-order valence-corrected chi connectivity index (χ4v) is 4.66. The highest BCUT2D eigenvalue weighted by Gasteiger charge is 2.18. The quantitative estimate of drug-likeness (QED) is 0.624. The van der Waals surface area contributed by atoms with Crippen molar-refractivity contribution in [3.05, 3.63) is 59.1 Å². The van der Waals surface area contributed by atoms with E-state index in [0.29, 0.717) is 4.70 Å². The Labute approximate surface area is 153 Å². The summed E-state index contributed by atoms with van der Waals surface area (Å²) in [6.45, 7) is 1.48. The third-order valence-electron chi connectivity index (χ3n) is 3.48. The summed E-state index contributed by atoms with van der Waals surface area (Å²) in [7, 11) is -4.00. The third-order valence-corrected chi connectivity index (χ3v) is 5.92. The number of nitrogens with zero attached hydrogens (tertiary/aromatic N) is 2. The number of fused-ring (bicyclic) bond motifs is 1. The van der Waals surface area contributed by atoms with Gasteiger partial charge in [0.1, 0.15) is 12.4 Å². The average Bonchev–Trinajstić information content (AvgIpc) is 2.94. The molecule has 0 bridgehead atoms. The van der Waals surface area contributed by atoms with Gasteiger partial charge in [0.05, 0.1) is 21.7 Å². The van der Waals surface area contributed by atoms with Crippen molar-refractivity contribution in [3.8, 4) is 0 Å². The molecule has 0 N–H and O–H groups in total. The van der Waals surface area contributed by atoms with E-state index >= 15 is 0 Å². The first-order valence-corrected chi connectivity index (χ1v) is 9.97. The molecule has 6 nitrogen and oxygen atoms in total. The molecule has 0 aliphatic rings. The van der Waals surface area contributed by atoms with E-state index in [4.69, 9.17) is 4.74 Å². The number of sulfonamides is 1. The second kappa shape index (κ2) is 7.38. The maximum absolute atomic E-state index is 14.3. The van der Waals surface area contributed by atoms with Crippen LogP contribution in [0.1, 0.15) is 6.92 Å². The number of thiazole rings is 1. The van der Waals surface area contributed by atoms with E-state index < -0.39 is 21.8 Å². The summed E-state index contributed by atoms with van der Waals surface area (Å²) in [4.78, 5) is 11.9. The molecule has 136 valence electrons. The standard InChI is InChI=1S/C17H15FN2O4S2/c1-2-24-15(21)11-20-16-13(18)9-6-10-14(16)25-17(20)19-26(22,23)12-7-4-3-5-8-12/h3-10H,2,11H2,1H3. The van der Waals surface area contributed by atoms with Crippen LogP contribution in [0.4, 0.5) is 4.39 Å². The summed E-state index contributed by atoms with van der Waals surface area (Å²) >= 11 is 0.989. The van der Waals surface area contributed by atoms with Crippen LogP contribution < -0.4 is 4.80 Å². The van der Waals surface area contributed by atoms with Crippen molar-refractivity contribution < 1.29 is 22.3 Å². The van der Waals surface area contributed by atoms with E-state index in [2.05, 4.69) is 4.40 Å². The molecule has 0 saturated carbocycles. The number of carbonyl (C=O) groups is 1. The molecule has 1 aromatic heterocycles. The number of hydrogen-bond donors (Lipinski definition) is 0. The van der Waals surface area contributed by atoms with Crippen LogP contribution in [0.3, 0.4) is 0 Å². The summed E-state index contributed by atoms with van der Waals surface area (Å²) in [6.07, 6.45) is 0. The minimum absolute atomic E-state index is 0.00186. The van der Waals surface area contributed by atoms with Crippen LogP contribution in [0.25, 0.3) is 10.2 Å². The van der Waals surface area contributed by atoms with Crippen molar-refractivity contribution >= 4 is 37.5 Å². The first kappa shape index (κ1) is 18.3. The molecule has 2 aromatic carbocycles. The van der Waals surface area contributed by atoms with Gasteiger partial charge < -0.3 is 9.30 Å². The van der Waals surface area contributed by atoms with Crippen LogP contribution in [-0.4, -0.2) is 25.6 Å². The zero-order valence-corrected chi connectivity index (χ0v) is 15.4. The molecule has 3 rings (SSSR count). The molecule has 0 amide bonds. The van der Waals surface area contributed by atoms with E-state index in [1.54, 1.807) is 31.2 Å². The number of rotatable bonds is 5. The number of halogens is 1. The van der Waals surface area contributed by atoms with Crippen molar-refractivity contribution in [2.75, 3.05) is 6.61 Å². The van der Waals surface area contributed by atoms with Crippen LogP contribution in [0.2, 0.25) is 0 Å². The molecule has 0 aliphatic carbocycles. The molecular weight excluding hydrogens is 379 g/mol. The number of aromatic nitrogens is 1. The zero-order valence-electron chi connectivity index (χ0n) is 13.8. The Morgan fingerprint density at radius 2 is 1.92 bits per heavy atom. The van der Waals surface area contributed by atoms with Crippen molar-refractivity contribution in [2.45, 2.75) is 18.4 Å². The van der Waals surface area contributed by atoms with Crippen LogP contribution >= 0.6 is 11.3 Å².